The first-order valence-corrected chi connectivity index (χ1v) is 10.6. The van der Waals surface area contributed by atoms with Gasteiger partial charge in [-0.15, -0.1) is 11.6 Å². The zero-order chi connectivity index (χ0) is 20.8. The van der Waals surface area contributed by atoms with Crippen LogP contribution >= 0.6 is 24.5 Å². The molecule has 7 heteroatoms. The Morgan fingerprint density at radius 2 is 2.03 bits per heavy atom. The predicted octanol–water partition coefficient (Wildman–Crippen LogP) is 5.57. The number of rotatable bonds is 4. The highest BCUT2D eigenvalue weighted by Crippen LogP contribution is 2.46. The summed E-state index contributed by atoms with van der Waals surface area (Å²) in [6.45, 7) is 0.523. The second kappa shape index (κ2) is 7.45. The third kappa shape index (κ3) is 2.90. The van der Waals surface area contributed by atoms with E-state index in [1.807, 2.05) is 61.6 Å². The molecule has 0 aliphatic carbocycles. The number of H-pyrrole nitrogens is 1. The van der Waals surface area contributed by atoms with Gasteiger partial charge in [0.15, 0.2) is 0 Å². The number of carbonyl (C=O) groups excluding carboxylic acids is 1. The minimum Gasteiger partial charge on any atom is -0.428 e. The number of nitrogens with zero attached hydrogens (tertiary/aromatic N) is 1. The van der Waals surface area contributed by atoms with Crippen molar-refractivity contribution in [2.45, 2.75) is 5.92 Å². The molecular weight excluding hydrogens is 418 g/mol. The normalized spacial score (nSPS) is 15.6. The van der Waals surface area contributed by atoms with Crippen LogP contribution in [0.15, 0.2) is 54.6 Å². The maximum absolute atomic E-state index is 13.5. The van der Waals surface area contributed by atoms with Gasteiger partial charge in [0.05, 0.1) is 5.69 Å². The molecule has 5 nitrogen and oxygen atoms in total. The molecule has 152 valence electrons. The summed E-state index contributed by atoms with van der Waals surface area (Å²) in [5.41, 5.74) is 4.36. The van der Waals surface area contributed by atoms with Gasteiger partial charge in [-0.3, -0.25) is 4.79 Å². The Balaban J connectivity index is 1.63. The zero-order valence-electron chi connectivity index (χ0n) is 16.3. The summed E-state index contributed by atoms with van der Waals surface area (Å²) in [6, 6.07) is 17.7. The summed E-state index contributed by atoms with van der Waals surface area (Å²) in [4.78, 5) is 18.5. The van der Waals surface area contributed by atoms with Crippen molar-refractivity contribution < 1.29 is 8.98 Å². The third-order valence-electron chi connectivity index (χ3n) is 5.80. The molecule has 2 heterocycles. The van der Waals surface area contributed by atoms with Crippen LogP contribution < -0.4 is 14.4 Å². The fourth-order valence-electron chi connectivity index (χ4n) is 4.36. The molecule has 1 amide bonds. The molecule has 0 spiro atoms. The summed E-state index contributed by atoms with van der Waals surface area (Å²) < 4.78 is 5.34. The van der Waals surface area contributed by atoms with Crippen LogP contribution in [0.25, 0.3) is 21.7 Å². The summed E-state index contributed by atoms with van der Waals surface area (Å²) in [7, 11) is 1.87. The van der Waals surface area contributed by atoms with Crippen LogP contribution in [0.5, 0.6) is 5.75 Å². The molecule has 1 atom stereocenters. The van der Waals surface area contributed by atoms with Gasteiger partial charge in [0.1, 0.15) is 11.4 Å². The van der Waals surface area contributed by atoms with Crippen LogP contribution in [0.2, 0.25) is 0 Å². The minimum absolute atomic E-state index is 0.0461. The molecular formula is C23H20ClN3O2S. The van der Waals surface area contributed by atoms with E-state index in [2.05, 4.69) is 23.2 Å². The van der Waals surface area contributed by atoms with Crippen molar-refractivity contribution >= 4 is 63.5 Å². The van der Waals surface area contributed by atoms with Crippen molar-refractivity contribution in [3.05, 3.63) is 65.9 Å². The quantitative estimate of drug-likeness (QED) is 0.222. The molecule has 0 fully saturated rings. The molecule has 2 N–H and O–H groups in total. The smallest absolute Gasteiger partial charge is 0.274 e. The van der Waals surface area contributed by atoms with Gasteiger partial charge in [-0.25, -0.2) is 0 Å². The number of alkyl halides is 1. The largest absolute Gasteiger partial charge is 0.428 e. The van der Waals surface area contributed by atoms with Crippen molar-refractivity contribution in [2.24, 2.45) is 0 Å². The molecule has 1 aliphatic rings. The average Bonchev–Trinajstić information content (AvgIpc) is 3.38. The molecule has 0 unspecified atom stereocenters. The Morgan fingerprint density at radius 1 is 1.23 bits per heavy atom. The highest BCUT2D eigenvalue weighted by Gasteiger charge is 2.35. The van der Waals surface area contributed by atoms with Crippen LogP contribution in [-0.2, 0) is 0 Å². The lowest BCUT2D eigenvalue weighted by Crippen LogP contribution is -2.30. The molecule has 1 aliphatic heterocycles. The minimum atomic E-state index is -0.0912. The first-order valence-electron chi connectivity index (χ1n) is 9.70. The summed E-state index contributed by atoms with van der Waals surface area (Å²) in [5, 5.41) is 6.10. The fourth-order valence-corrected chi connectivity index (χ4v) is 4.76. The van der Waals surface area contributed by atoms with Crippen molar-refractivity contribution in [3.8, 4) is 5.75 Å². The molecule has 4 aromatic rings. The molecule has 0 bridgehead atoms. The SMILES string of the molecule is CNc1ccc2[nH]c(C(=O)N3C[C@@H](CCl)c4c3cc(OS)c3ccccc43)cc2c1. The second-order valence-corrected chi connectivity index (χ2v) is 7.94. The number of fused-ring (bicyclic) bond motifs is 4. The van der Waals surface area contributed by atoms with Gasteiger partial charge in [-0.05, 0) is 35.2 Å². The highest BCUT2D eigenvalue weighted by molar-refractivity contribution is 7.75. The van der Waals surface area contributed by atoms with Crippen LogP contribution in [0.3, 0.4) is 0 Å². The highest BCUT2D eigenvalue weighted by atomic mass is 35.5. The van der Waals surface area contributed by atoms with Gasteiger partial charge in [-0.2, -0.15) is 0 Å². The second-order valence-electron chi connectivity index (χ2n) is 7.45. The van der Waals surface area contributed by atoms with Gasteiger partial charge < -0.3 is 19.4 Å². The number of nitrogens with one attached hydrogen (secondary N) is 2. The Kier molecular flexibility index (Phi) is 4.76. The van der Waals surface area contributed by atoms with E-state index in [4.69, 9.17) is 15.8 Å². The van der Waals surface area contributed by atoms with E-state index in [1.54, 1.807) is 4.90 Å². The fraction of sp³-hybridized carbons (Fsp3) is 0.174. The maximum Gasteiger partial charge on any atom is 0.274 e. The lowest BCUT2D eigenvalue weighted by atomic mass is 9.95. The Bertz CT molecular complexity index is 1290. The molecule has 0 saturated carbocycles. The molecule has 30 heavy (non-hydrogen) atoms. The summed E-state index contributed by atoms with van der Waals surface area (Å²) in [6.07, 6.45) is 0. The van der Waals surface area contributed by atoms with E-state index < -0.39 is 0 Å². The molecule has 0 saturated heterocycles. The van der Waals surface area contributed by atoms with E-state index in [9.17, 15) is 4.79 Å². The van der Waals surface area contributed by atoms with E-state index in [-0.39, 0.29) is 11.8 Å². The standard InChI is InChI=1S/C23H20ClN3O2S/c1-25-15-6-7-18-13(8-15)9-19(26-18)23(28)27-12-14(11-24)22-17-5-3-2-4-16(17)21(29-30)10-20(22)27/h2-10,14,25-26,30H,11-12H2,1H3/t14-/m1/s1. The Morgan fingerprint density at radius 3 is 2.77 bits per heavy atom. The number of halogens is 1. The lowest BCUT2D eigenvalue weighted by molar-refractivity contribution is 0.0984. The topological polar surface area (TPSA) is 57.4 Å². The van der Waals surface area contributed by atoms with Crippen LogP contribution in [0.4, 0.5) is 11.4 Å². The number of amides is 1. The third-order valence-corrected chi connectivity index (χ3v) is 6.37. The number of benzene rings is 3. The maximum atomic E-state index is 13.5. The number of anilines is 2. The molecule has 1 aromatic heterocycles. The van der Waals surface area contributed by atoms with Crippen molar-refractivity contribution in [2.75, 3.05) is 29.7 Å². The van der Waals surface area contributed by atoms with Gasteiger partial charge in [0.25, 0.3) is 5.91 Å². The number of thiol groups is 1. The monoisotopic (exact) mass is 437 g/mol. The van der Waals surface area contributed by atoms with E-state index >= 15 is 0 Å². The number of carbonyl (C=O) groups is 1. The lowest BCUT2D eigenvalue weighted by Gasteiger charge is -2.18. The first-order chi connectivity index (χ1) is 14.6. The summed E-state index contributed by atoms with van der Waals surface area (Å²) in [5.74, 6) is 1.01. The predicted molar refractivity (Wildman–Crippen MR) is 127 cm³/mol. The molecule has 0 radical (unpaired) electrons. The van der Waals surface area contributed by atoms with E-state index in [1.165, 1.54) is 0 Å². The van der Waals surface area contributed by atoms with Crippen LogP contribution in [-0.4, -0.2) is 30.4 Å². The van der Waals surface area contributed by atoms with Crippen LogP contribution in [0.1, 0.15) is 22.0 Å². The number of hydrogen-bond donors (Lipinski definition) is 3. The van der Waals surface area contributed by atoms with Crippen molar-refractivity contribution in [1.29, 1.82) is 0 Å². The van der Waals surface area contributed by atoms with Gasteiger partial charge in [0, 0.05) is 66.3 Å². The number of aromatic amines is 1. The molecule has 5 rings (SSSR count). The molecule has 3 aromatic carbocycles. The van der Waals surface area contributed by atoms with Crippen LogP contribution in [0, 0.1) is 0 Å². The van der Waals surface area contributed by atoms with Crippen molar-refractivity contribution in [1.82, 2.24) is 4.98 Å². The van der Waals surface area contributed by atoms with E-state index in [0.717, 1.165) is 38.6 Å². The average molecular weight is 438 g/mol. The Labute approximate surface area is 184 Å². The van der Waals surface area contributed by atoms with E-state index in [0.29, 0.717) is 23.9 Å². The van der Waals surface area contributed by atoms with Gasteiger partial charge in [0.2, 0.25) is 0 Å². The van der Waals surface area contributed by atoms with Gasteiger partial charge in [-0.1, -0.05) is 24.3 Å². The Hall–Kier alpha value is -2.83. The zero-order valence-corrected chi connectivity index (χ0v) is 17.9. The first kappa shape index (κ1) is 19.2. The number of aromatic nitrogens is 1. The van der Waals surface area contributed by atoms with Gasteiger partial charge >= 0.3 is 0 Å². The summed E-state index contributed by atoms with van der Waals surface area (Å²) >= 11 is 10.4. The van der Waals surface area contributed by atoms with Crippen molar-refractivity contribution in [3.63, 3.8) is 0 Å². The number of hydrogen-bond acceptors (Lipinski definition) is 4.